The lowest BCUT2D eigenvalue weighted by Gasteiger charge is -2.11. The Morgan fingerprint density at radius 1 is 1.03 bits per heavy atom. The summed E-state index contributed by atoms with van der Waals surface area (Å²) in [6.07, 6.45) is 2.14. The Hall–Kier alpha value is -4.21. The highest BCUT2D eigenvalue weighted by atomic mass is 16.5. The highest BCUT2D eigenvalue weighted by Crippen LogP contribution is 2.20. The molecule has 0 spiro atoms. The maximum Gasteiger partial charge on any atom is 0.291 e. The van der Waals surface area contributed by atoms with Crippen LogP contribution in [0.3, 0.4) is 0 Å². The largest absolute Gasteiger partial charge is 0.461 e. The molecule has 0 unspecified atom stereocenters. The van der Waals surface area contributed by atoms with Crippen LogP contribution in [0.4, 0.5) is 0 Å². The monoisotopic (exact) mass is 407 g/mol. The van der Waals surface area contributed by atoms with Gasteiger partial charge >= 0.3 is 0 Å². The van der Waals surface area contributed by atoms with E-state index in [-0.39, 0.29) is 22.7 Å². The molecule has 0 bridgehead atoms. The minimum absolute atomic E-state index is 0.0235. The van der Waals surface area contributed by atoms with Crippen LogP contribution in [0.15, 0.2) is 62.5 Å². The van der Waals surface area contributed by atoms with Crippen LogP contribution in [0, 0.1) is 0 Å². The first kappa shape index (κ1) is 19.1. The Morgan fingerprint density at radius 3 is 2.53 bits per heavy atom. The van der Waals surface area contributed by atoms with E-state index in [0.29, 0.717) is 29.5 Å². The summed E-state index contributed by atoms with van der Waals surface area (Å²) in [6, 6.07) is 11.4. The Kier molecular flexibility index (Phi) is 5.12. The second-order valence-electron chi connectivity index (χ2n) is 6.38. The molecule has 1 aromatic carbocycles. The number of hydrogen-bond donors (Lipinski definition) is 2. The van der Waals surface area contributed by atoms with Crippen molar-refractivity contribution >= 4 is 22.6 Å². The van der Waals surface area contributed by atoms with E-state index in [1.807, 2.05) is 6.92 Å². The second-order valence-corrected chi connectivity index (χ2v) is 6.38. The molecule has 10 heteroatoms. The molecular formula is C20H17N5O5. The Labute approximate surface area is 169 Å². The van der Waals surface area contributed by atoms with Crippen LogP contribution in [-0.4, -0.2) is 26.8 Å². The summed E-state index contributed by atoms with van der Waals surface area (Å²) < 4.78 is 11.5. The molecule has 0 saturated carbocycles. The predicted molar refractivity (Wildman–Crippen MR) is 105 cm³/mol. The topological polar surface area (TPSA) is 132 Å². The fourth-order valence-electron chi connectivity index (χ4n) is 2.92. The third-order valence-corrected chi connectivity index (χ3v) is 4.31. The zero-order valence-electron chi connectivity index (χ0n) is 15.9. The summed E-state index contributed by atoms with van der Waals surface area (Å²) in [4.78, 5) is 37.5. The van der Waals surface area contributed by atoms with Crippen molar-refractivity contribution in [2.75, 3.05) is 0 Å². The van der Waals surface area contributed by atoms with E-state index in [1.165, 1.54) is 17.0 Å². The van der Waals surface area contributed by atoms with E-state index in [1.54, 1.807) is 36.4 Å². The van der Waals surface area contributed by atoms with Crippen molar-refractivity contribution in [3.8, 4) is 11.5 Å². The maximum atomic E-state index is 12.7. The van der Waals surface area contributed by atoms with E-state index in [2.05, 4.69) is 21.1 Å². The Bertz CT molecular complexity index is 1270. The molecular weight excluding hydrogens is 390 g/mol. The summed E-state index contributed by atoms with van der Waals surface area (Å²) in [5.41, 5.74) is 4.27. The number of furan rings is 1. The fraction of sp³-hybridized carbons (Fsp3) is 0.150. The molecule has 2 N–H and O–H groups in total. The number of aromatic nitrogens is 3. The van der Waals surface area contributed by atoms with Crippen molar-refractivity contribution in [2.24, 2.45) is 0 Å². The number of rotatable bonds is 5. The molecule has 10 nitrogen and oxygen atoms in total. The highest BCUT2D eigenvalue weighted by molar-refractivity contribution is 6.05. The first-order valence-electron chi connectivity index (χ1n) is 9.19. The molecule has 0 aliphatic rings. The van der Waals surface area contributed by atoms with E-state index in [0.717, 1.165) is 0 Å². The number of hydrogen-bond acceptors (Lipinski definition) is 7. The van der Waals surface area contributed by atoms with Gasteiger partial charge < -0.3 is 8.94 Å². The van der Waals surface area contributed by atoms with Gasteiger partial charge in [-0.25, -0.2) is 4.68 Å². The van der Waals surface area contributed by atoms with Gasteiger partial charge in [-0.15, -0.1) is 0 Å². The summed E-state index contributed by atoms with van der Waals surface area (Å²) in [5.74, 6) is -0.662. The predicted octanol–water partition coefficient (Wildman–Crippen LogP) is 2.13. The van der Waals surface area contributed by atoms with Gasteiger partial charge in [0.1, 0.15) is 0 Å². The van der Waals surface area contributed by atoms with Gasteiger partial charge in [-0.05, 0) is 24.6 Å². The number of carbonyl (C=O) groups excluding carboxylic acids is 2. The zero-order valence-corrected chi connectivity index (χ0v) is 15.9. The van der Waals surface area contributed by atoms with E-state index < -0.39 is 11.8 Å². The van der Waals surface area contributed by atoms with Crippen molar-refractivity contribution in [3.05, 3.63) is 70.5 Å². The lowest BCUT2D eigenvalue weighted by molar-refractivity contribution is 0.0838. The third kappa shape index (κ3) is 3.58. The summed E-state index contributed by atoms with van der Waals surface area (Å²) in [5, 5.41) is 8.60. The van der Waals surface area contributed by atoms with Gasteiger partial charge in [-0.3, -0.25) is 25.2 Å². The Morgan fingerprint density at radius 2 is 1.80 bits per heavy atom. The van der Waals surface area contributed by atoms with E-state index in [4.69, 9.17) is 8.94 Å². The molecule has 30 heavy (non-hydrogen) atoms. The second kappa shape index (κ2) is 8.03. The lowest BCUT2D eigenvalue weighted by Crippen LogP contribution is -2.43. The average molecular weight is 407 g/mol. The molecule has 0 saturated heterocycles. The third-order valence-electron chi connectivity index (χ3n) is 4.31. The summed E-state index contributed by atoms with van der Waals surface area (Å²) in [7, 11) is 0. The lowest BCUT2D eigenvalue weighted by atomic mass is 10.1. The number of fused-ring (bicyclic) bond motifs is 1. The van der Waals surface area contributed by atoms with Gasteiger partial charge in [-0.2, -0.15) is 5.10 Å². The zero-order chi connectivity index (χ0) is 21.1. The number of carbonyl (C=O) groups is 2. The molecule has 0 atom stereocenters. The molecule has 4 aromatic rings. The molecule has 0 radical (unpaired) electrons. The Balaban J connectivity index is 1.54. The molecule has 4 rings (SSSR count). The molecule has 3 heterocycles. The standard InChI is InChI=1S/C20H17N5O5/c1-2-9-25-20(28)13-7-4-3-6-12(13)17(23-25)19(27)22-21-18(26)14-11-16(30-24-14)15-8-5-10-29-15/h3-8,10-11H,2,9H2,1H3,(H,21,26)(H,22,27). The van der Waals surface area contributed by atoms with Gasteiger partial charge in [0.05, 0.1) is 11.6 Å². The van der Waals surface area contributed by atoms with Crippen molar-refractivity contribution < 1.29 is 18.5 Å². The van der Waals surface area contributed by atoms with E-state index in [9.17, 15) is 14.4 Å². The molecule has 0 fully saturated rings. The van der Waals surface area contributed by atoms with Gasteiger partial charge in [0.15, 0.2) is 17.1 Å². The van der Waals surface area contributed by atoms with Crippen molar-refractivity contribution in [2.45, 2.75) is 19.9 Å². The van der Waals surface area contributed by atoms with Crippen LogP contribution in [0.25, 0.3) is 22.3 Å². The quantitative estimate of drug-likeness (QED) is 0.484. The highest BCUT2D eigenvalue weighted by Gasteiger charge is 2.19. The van der Waals surface area contributed by atoms with Gasteiger partial charge in [-0.1, -0.05) is 30.3 Å². The normalized spacial score (nSPS) is 10.8. The summed E-state index contributed by atoms with van der Waals surface area (Å²) in [6.45, 7) is 2.27. The maximum absolute atomic E-state index is 12.7. The number of nitrogens with one attached hydrogen (secondary N) is 2. The number of benzene rings is 1. The van der Waals surface area contributed by atoms with Crippen LogP contribution in [0.5, 0.6) is 0 Å². The molecule has 0 aliphatic carbocycles. The first-order valence-corrected chi connectivity index (χ1v) is 9.19. The summed E-state index contributed by atoms with van der Waals surface area (Å²) >= 11 is 0. The molecule has 3 aromatic heterocycles. The van der Waals surface area contributed by atoms with Crippen LogP contribution >= 0.6 is 0 Å². The minimum Gasteiger partial charge on any atom is -0.461 e. The average Bonchev–Trinajstić information content (AvgIpc) is 3.46. The molecule has 0 aliphatic heterocycles. The van der Waals surface area contributed by atoms with Crippen LogP contribution in [-0.2, 0) is 6.54 Å². The SMILES string of the molecule is CCCn1nc(C(=O)NNC(=O)c2cc(-c3ccco3)on2)c2ccccc2c1=O. The van der Waals surface area contributed by atoms with Crippen molar-refractivity contribution in [1.29, 1.82) is 0 Å². The van der Waals surface area contributed by atoms with E-state index >= 15 is 0 Å². The number of hydrazine groups is 1. The van der Waals surface area contributed by atoms with Crippen molar-refractivity contribution in [1.82, 2.24) is 25.8 Å². The van der Waals surface area contributed by atoms with Crippen LogP contribution in [0.2, 0.25) is 0 Å². The van der Waals surface area contributed by atoms with Gasteiger partial charge in [0.2, 0.25) is 5.76 Å². The first-order chi connectivity index (χ1) is 14.6. The fourth-order valence-corrected chi connectivity index (χ4v) is 2.92. The van der Waals surface area contributed by atoms with Crippen LogP contribution < -0.4 is 16.4 Å². The van der Waals surface area contributed by atoms with Gasteiger partial charge in [0.25, 0.3) is 17.4 Å². The van der Waals surface area contributed by atoms with Gasteiger partial charge in [0, 0.05) is 18.0 Å². The number of nitrogens with zero attached hydrogens (tertiary/aromatic N) is 3. The number of amides is 2. The molecule has 2 amide bonds. The number of aryl methyl sites for hydroxylation is 1. The smallest absolute Gasteiger partial charge is 0.291 e. The van der Waals surface area contributed by atoms with Crippen LogP contribution in [0.1, 0.15) is 34.3 Å². The molecule has 152 valence electrons. The van der Waals surface area contributed by atoms with Crippen molar-refractivity contribution in [3.63, 3.8) is 0 Å². The minimum atomic E-state index is -0.684.